The summed E-state index contributed by atoms with van der Waals surface area (Å²) in [5, 5.41) is 11.8. The number of esters is 1. The zero-order valence-electron chi connectivity index (χ0n) is 15.1. The number of fused-ring (bicyclic) bond motifs is 6. The highest BCUT2D eigenvalue weighted by molar-refractivity contribution is 5.85. The van der Waals surface area contributed by atoms with Gasteiger partial charge in [0, 0.05) is 29.7 Å². The van der Waals surface area contributed by atoms with Crippen molar-refractivity contribution in [3.05, 3.63) is 35.5 Å². The molecule has 2 N–H and O–H groups in total. The van der Waals surface area contributed by atoms with Crippen molar-refractivity contribution in [3.63, 3.8) is 0 Å². The maximum atomic E-state index is 12.4. The molecule has 1 aromatic heterocycles. The number of para-hydroxylation sites is 1. The minimum Gasteiger partial charge on any atom is -0.469 e. The van der Waals surface area contributed by atoms with E-state index < -0.39 is 6.10 Å². The Labute approximate surface area is 153 Å². The van der Waals surface area contributed by atoms with E-state index in [0.29, 0.717) is 18.4 Å². The Morgan fingerprint density at radius 3 is 3.00 bits per heavy atom. The van der Waals surface area contributed by atoms with E-state index in [2.05, 4.69) is 34.1 Å². The molecule has 0 bridgehead atoms. The molecule has 5 rings (SSSR count). The molecule has 0 unspecified atom stereocenters. The molecule has 3 aliphatic rings. The number of nitrogens with zero attached hydrogens (tertiary/aromatic N) is 1. The number of nitrogens with one attached hydrogen (secondary N) is 1. The monoisotopic (exact) mass is 354 g/mol. The Kier molecular flexibility index (Phi) is 3.83. The third kappa shape index (κ3) is 2.33. The predicted molar refractivity (Wildman–Crippen MR) is 98.7 cm³/mol. The fourth-order valence-corrected chi connectivity index (χ4v) is 5.80. The van der Waals surface area contributed by atoms with E-state index in [1.807, 2.05) is 0 Å². The van der Waals surface area contributed by atoms with Crippen molar-refractivity contribution in [2.75, 3.05) is 20.2 Å². The number of rotatable bonds is 1. The van der Waals surface area contributed by atoms with Crippen LogP contribution < -0.4 is 0 Å². The zero-order valence-corrected chi connectivity index (χ0v) is 15.1. The van der Waals surface area contributed by atoms with Crippen molar-refractivity contribution in [3.8, 4) is 0 Å². The second-order valence-corrected chi connectivity index (χ2v) is 8.18. The molecule has 138 valence electrons. The first-order valence-corrected chi connectivity index (χ1v) is 9.76. The van der Waals surface area contributed by atoms with Crippen LogP contribution in [-0.2, 0) is 16.0 Å². The largest absolute Gasteiger partial charge is 0.469 e. The van der Waals surface area contributed by atoms with E-state index in [1.54, 1.807) is 0 Å². The number of carbonyl (C=O) groups excluding carboxylic acids is 1. The Balaban J connectivity index is 1.52. The minimum atomic E-state index is -0.568. The van der Waals surface area contributed by atoms with Gasteiger partial charge in [0.05, 0.1) is 25.2 Å². The van der Waals surface area contributed by atoms with Gasteiger partial charge in [0.1, 0.15) is 0 Å². The fourth-order valence-electron chi connectivity index (χ4n) is 5.80. The molecule has 1 aliphatic carbocycles. The van der Waals surface area contributed by atoms with Crippen LogP contribution in [0.5, 0.6) is 0 Å². The Morgan fingerprint density at radius 1 is 1.31 bits per heavy atom. The van der Waals surface area contributed by atoms with Gasteiger partial charge in [-0.3, -0.25) is 9.69 Å². The topological polar surface area (TPSA) is 65.6 Å². The lowest BCUT2D eigenvalue weighted by Gasteiger charge is -2.50. The lowest BCUT2D eigenvalue weighted by atomic mass is 9.65. The van der Waals surface area contributed by atoms with Crippen LogP contribution in [0, 0.1) is 17.8 Å². The van der Waals surface area contributed by atoms with E-state index in [9.17, 15) is 9.90 Å². The fraction of sp³-hybridized carbons (Fsp3) is 0.571. The van der Waals surface area contributed by atoms with E-state index in [-0.39, 0.29) is 17.8 Å². The first-order valence-electron chi connectivity index (χ1n) is 9.76. The van der Waals surface area contributed by atoms with Crippen molar-refractivity contribution in [1.29, 1.82) is 0 Å². The number of aromatic amines is 1. The van der Waals surface area contributed by atoms with Crippen LogP contribution in [0.1, 0.15) is 36.6 Å². The molecule has 5 nitrogen and oxygen atoms in total. The molecule has 0 amide bonds. The number of carbonyl (C=O) groups is 1. The second kappa shape index (κ2) is 6.10. The number of hydrogen-bond donors (Lipinski definition) is 2. The van der Waals surface area contributed by atoms with Crippen LogP contribution in [0.25, 0.3) is 10.9 Å². The van der Waals surface area contributed by atoms with Crippen molar-refractivity contribution in [2.24, 2.45) is 17.8 Å². The van der Waals surface area contributed by atoms with Gasteiger partial charge in [0.15, 0.2) is 0 Å². The predicted octanol–water partition coefficient (Wildman–Crippen LogP) is 2.65. The number of piperidine rings is 1. The van der Waals surface area contributed by atoms with Crippen molar-refractivity contribution in [2.45, 2.75) is 37.8 Å². The number of aliphatic hydroxyl groups excluding tert-OH is 1. The standard InChI is InChI=1S/C21H26N2O3/c1-26-21(25)19-15-10-17-20-14(13-4-2-3-5-16(13)22-20)8-9-23(17)11-12(15)6-7-18(19)24/h2-5,12,15,17-19,22,24H,6-11H2,1H3/t12-,15-,17-,18+,19-/m0/s1. The van der Waals surface area contributed by atoms with Gasteiger partial charge < -0.3 is 14.8 Å². The smallest absolute Gasteiger partial charge is 0.311 e. The van der Waals surface area contributed by atoms with Crippen LogP contribution >= 0.6 is 0 Å². The van der Waals surface area contributed by atoms with Gasteiger partial charge in [0.25, 0.3) is 0 Å². The molecule has 0 spiro atoms. The van der Waals surface area contributed by atoms with Crippen molar-refractivity contribution < 1.29 is 14.6 Å². The Bertz CT molecular complexity index is 845. The van der Waals surface area contributed by atoms with Gasteiger partial charge in [-0.25, -0.2) is 0 Å². The number of aliphatic hydroxyl groups is 1. The summed E-state index contributed by atoms with van der Waals surface area (Å²) in [5.41, 5.74) is 3.96. The highest BCUT2D eigenvalue weighted by Crippen LogP contribution is 2.49. The molecule has 3 heterocycles. The molecule has 5 atom stereocenters. The Morgan fingerprint density at radius 2 is 2.15 bits per heavy atom. The van der Waals surface area contributed by atoms with Crippen LogP contribution in [0.15, 0.2) is 24.3 Å². The molecule has 1 aromatic carbocycles. The summed E-state index contributed by atoms with van der Waals surface area (Å²) in [7, 11) is 1.43. The number of methoxy groups -OCH3 is 1. The number of hydrogen-bond acceptors (Lipinski definition) is 4. The summed E-state index contributed by atoms with van der Waals surface area (Å²) in [5.74, 6) is 0.0541. The average molecular weight is 354 g/mol. The summed E-state index contributed by atoms with van der Waals surface area (Å²) in [6.45, 7) is 2.10. The number of benzene rings is 1. The van der Waals surface area contributed by atoms with Crippen LogP contribution in [-0.4, -0.2) is 47.3 Å². The highest BCUT2D eigenvalue weighted by Gasteiger charge is 2.49. The number of aromatic nitrogens is 1. The summed E-state index contributed by atoms with van der Waals surface area (Å²) < 4.78 is 5.04. The summed E-state index contributed by atoms with van der Waals surface area (Å²) >= 11 is 0. The van der Waals surface area contributed by atoms with E-state index >= 15 is 0 Å². The number of H-pyrrole nitrogens is 1. The summed E-state index contributed by atoms with van der Waals surface area (Å²) in [6, 6.07) is 8.83. The lowest BCUT2D eigenvalue weighted by Crippen LogP contribution is -2.53. The molecule has 1 saturated carbocycles. The molecule has 2 aromatic rings. The zero-order chi connectivity index (χ0) is 17.8. The normalized spacial score (nSPS) is 34.0. The summed E-state index contributed by atoms with van der Waals surface area (Å²) in [6.07, 6.45) is 3.14. The molecule has 2 aliphatic heterocycles. The Hall–Kier alpha value is -1.85. The van der Waals surface area contributed by atoms with E-state index in [4.69, 9.17) is 4.74 Å². The van der Waals surface area contributed by atoms with Crippen LogP contribution in [0.3, 0.4) is 0 Å². The highest BCUT2D eigenvalue weighted by atomic mass is 16.5. The average Bonchev–Trinajstić information content (AvgIpc) is 3.05. The van der Waals surface area contributed by atoms with Gasteiger partial charge >= 0.3 is 5.97 Å². The van der Waals surface area contributed by atoms with Gasteiger partial charge in [-0.05, 0) is 49.1 Å². The van der Waals surface area contributed by atoms with E-state index in [0.717, 1.165) is 32.4 Å². The maximum Gasteiger partial charge on any atom is 0.311 e. The SMILES string of the molecule is COC(=O)[C@H]1[C@H]2C[C@H]3c4[nH]c5ccccc5c4CCN3C[C@@H]2CC[C@H]1O. The third-order valence-corrected chi connectivity index (χ3v) is 7.02. The lowest BCUT2D eigenvalue weighted by molar-refractivity contribution is -0.160. The molecular weight excluding hydrogens is 328 g/mol. The second-order valence-electron chi connectivity index (χ2n) is 8.18. The first kappa shape index (κ1) is 16.3. The maximum absolute atomic E-state index is 12.4. The number of ether oxygens (including phenoxy) is 1. The molecular formula is C21H26N2O3. The summed E-state index contributed by atoms with van der Waals surface area (Å²) in [4.78, 5) is 18.6. The van der Waals surface area contributed by atoms with Gasteiger partial charge in [-0.15, -0.1) is 0 Å². The van der Waals surface area contributed by atoms with Crippen LogP contribution in [0.4, 0.5) is 0 Å². The minimum absolute atomic E-state index is 0.199. The van der Waals surface area contributed by atoms with Crippen molar-refractivity contribution in [1.82, 2.24) is 9.88 Å². The molecule has 0 radical (unpaired) electrons. The molecule has 2 fully saturated rings. The van der Waals surface area contributed by atoms with Crippen molar-refractivity contribution >= 4 is 16.9 Å². The molecule has 1 saturated heterocycles. The quantitative estimate of drug-likeness (QED) is 0.773. The first-order chi connectivity index (χ1) is 12.7. The molecule has 5 heteroatoms. The van der Waals surface area contributed by atoms with Gasteiger partial charge in [-0.1, -0.05) is 18.2 Å². The third-order valence-electron chi connectivity index (χ3n) is 7.02. The molecule has 26 heavy (non-hydrogen) atoms. The van der Waals surface area contributed by atoms with Crippen LogP contribution in [0.2, 0.25) is 0 Å². The van der Waals surface area contributed by atoms with E-state index in [1.165, 1.54) is 29.3 Å². The van der Waals surface area contributed by atoms with Gasteiger partial charge in [0.2, 0.25) is 0 Å². The van der Waals surface area contributed by atoms with Gasteiger partial charge in [-0.2, -0.15) is 0 Å².